The first kappa shape index (κ1) is 14.4. The highest BCUT2D eigenvalue weighted by molar-refractivity contribution is 5.98. The molecule has 1 aliphatic rings. The number of nitrogens with two attached hydrogens (primary N) is 1. The fourth-order valence-corrected chi connectivity index (χ4v) is 2.08. The lowest BCUT2D eigenvalue weighted by Crippen LogP contribution is -2.35. The van der Waals surface area contributed by atoms with Gasteiger partial charge < -0.3 is 21.1 Å². The van der Waals surface area contributed by atoms with Gasteiger partial charge in [0.05, 0.1) is 17.8 Å². The summed E-state index contributed by atoms with van der Waals surface area (Å²) >= 11 is 0. The molecule has 20 heavy (non-hydrogen) atoms. The topological polar surface area (TPSA) is 93.4 Å². The van der Waals surface area contributed by atoms with Gasteiger partial charge in [-0.2, -0.15) is 0 Å². The Bertz CT molecular complexity index is 536. The van der Waals surface area contributed by atoms with Crippen molar-refractivity contribution in [2.24, 2.45) is 5.73 Å². The summed E-state index contributed by atoms with van der Waals surface area (Å²) in [7, 11) is 1.57. The normalized spacial score (nSPS) is 21.7. The van der Waals surface area contributed by atoms with Crippen LogP contribution in [-0.4, -0.2) is 37.6 Å². The number of ether oxygens (including phenoxy) is 1. The van der Waals surface area contributed by atoms with E-state index in [0.717, 1.165) is 6.07 Å². The van der Waals surface area contributed by atoms with Crippen LogP contribution in [0, 0.1) is 5.82 Å². The summed E-state index contributed by atoms with van der Waals surface area (Å²) in [6.07, 6.45) is 0.479. The van der Waals surface area contributed by atoms with Crippen LogP contribution in [0.4, 0.5) is 10.1 Å². The molecule has 6 nitrogen and oxygen atoms in total. The van der Waals surface area contributed by atoms with E-state index in [0.29, 0.717) is 13.0 Å². The van der Waals surface area contributed by atoms with Crippen LogP contribution in [-0.2, 0) is 9.53 Å². The number of methoxy groups -OCH3 is 1. The molecule has 2 rings (SSSR count). The zero-order valence-corrected chi connectivity index (χ0v) is 11.0. The molecule has 0 aliphatic carbocycles. The van der Waals surface area contributed by atoms with Crippen LogP contribution in [0.15, 0.2) is 18.2 Å². The summed E-state index contributed by atoms with van der Waals surface area (Å²) in [4.78, 5) is 23.0. The summed E-state index contributed by atoms with van der Waals surface area (Å²) in [5.41, 5.74) is 5.19. The van der Waals surface area contributed by atoms with Gasteiger partial charge >= 0.3 is 0 Å². The van der Waals surface area contributed by atoms with Crippen LogP contribution in [0.2, 0.25) is 0 Å². The lowest BCUT2D eigenvalue weighted by molar-refractivity contribution is -0.118. The standard InChI is InChI=1S/C13H16FN3O3/c1-20-8-5-11(16-6-8)13(19)17-10-4-7(12(15)18)2-3-9(10)14/h2-4,8,11,16H,5-6H2,1H3,(H2,15,18)(H,17,19). The van der Waals surface area contributed by atoms with E-state index in [1.54, 1.807) is 7.11 Å². The van der Waals surface area contributed by atoms with Gasteiger partial charge in [-0.1, -0.05) is 0 Å². The molecule has 0 bridgehead atoms. The zero-order chi connectivity index (χ0) is 14.7. The number of carbonyl (C=O) groups excluding carboxylic acids is 2. The second kappa shape index (κ2) is 5.98. The molecule has 1 aromatic rings. The number of hydrogen-bond donors (Lipinski definition) is 3. The number of halogens is 1. The van der Waals surface area contributed by atoms with Crippen LogP contribution in [0.1, 0.15) is 16.8 Å². The molecule has 1 heterocycles. The van der Waals surface area contributed by atoms with Crippen molar-refractivity contribution in [3.8, 4) is 0 Å². The fraction of sp³-hybridized carbons (Fsp3) is 0.385. The largest absolute Gasteiger partial charge is 0.380 e. The molecule has 7 heteroatoms. The first-order valence-corrected chi connectivity index (χ1v) is 6.17. The van der Waals surface area contributed by atoms with Crippen LogP contribution in [0.5, 0.6) is 0 Å². The summed E-state index contributed by atoms with van der Waals surface area (Å²) < 4.78 is 18.7. The average molecular weight is 281 g/mol. The Labute approximate surface area is 115 Å². The van der Waals surface area contributed by atoms with Crippen LogP contribution in [0.3, 0.4) is 0 Å². The van der Waals surface area contributed by atoms with Crippen molar-refractivity contribution in [2.45, 2.75) is 18.6 Å². The van der Waals surface area contributed by atoms with Crippen molar-refractivity contribution in [2.75, 3.05) is 19.0 Å². The van der Waals surface area contributed by atoms with Gasteiger partial charge in [-0.15, -0.1) is 0 Å². The third-order valence-corrected chi connectivity index (χ3v) is 3.25. The highest BCUT2D eigenvalue weighted by atomic mass is 19.1. The van der Waals surface area contributed by atoms with Gasteiger partial charge in [0.2, 0.25) is 11.8 Å². The number of benzene rings is 1. The van der Waals surface area contributed by atoms with Gasteiger partial charge in [-0.25, -0.2) is 4.39 Å². The van der Waals surface area contributed by atoms with E-state index in [1.165, 1.54) is 12.1 Å². The summed E-state index contributed by atoms with van der Waals surface area (Å²) in [6, 6.07) is 3.13. The Morgan fingerprint density at radius 2 is 2.25 bits per heavy atom. The Morgan fingerprint density at radius 3 is 2.85 bits per heavy atom. The predicted octanol–water partition coefficient (Wildman–Crippen LogP) is 0.240. The number of primary amides is 1. The quantitative estimate of drug-likeness (QED) is 0.737. The molecule has 2 atom stereocenters. The maximum absolute atomic E-state index is 13.6. The third kappa shape index (κ3) is 3.12. The number of nitrogens with one attached hydrogen (secondary N) is 2. The molecule has 4 N–H and O–H groups in total. The molecule has 1 aliphatic heterocycles. The van der Waals surface area contributed by atoms with Crippen LogP contribution < -0.4 is 16.4 Å². The molecule has 1 saturated heterocycles. The highest BCUT2D eigenvalue weighted by Crippen LogP contribution is 2.18. The zero-order valence-electron chi connectivity index (χ0n) is 11.0. The van der Waals surface area contributed by atoms with E-state index in [2.05, 4.69) is 10.6 Å². The Morgan fingerprint density at radius 1 is 1.50 bits per heavy atom. The lowest BCUT2D eigenvalue weighted by atomic mass is 10.1. The third-order valence-electron chi connectivity index (χ3n) is 3.25. The summed E-state index contributed by atoms with van der Waals surface area (Å²) in [6.45, 7) is 0.568. The SMILES string of the molecule is COC1CNC(C(=O)Nc2cc(C(N)=O)ccc2F)C1. The summed E-state index contributed by atoms with van der Waals surface area (Å²) in [5, 5.41) is 5.44. The highest BCUT2D eigenvalue weighted by Gasteiger charge is 2.29. The monoisotopic (exact) mass is 281 g/mol. The molecular formula is C13H16FN3O3. The Balaban J connectivity index is 2.08. The van der Waals surface area contributed by atoms with Gasteiger partial charge in [0.1, 0.15) is 5.82 Å². The van der Waals surface area contributed by atoms with Gasteiger partial charge in [0, 0.05) is 19.2 Å². The molecule has 1 fully saturated rings. The Hall–Kier alpha value is -1.99. The number of hydrogen-bond acceptors (Lipinski definition) is 4. The van der Waals surface area contributed by atoms with Crippen molar-refractivity contribution < 1.29 is 18.7 Å². The molecule has 0 radical (unpaired) electrons. The fourth-order valence-electron chi connectivity index (χ4n) is 2.08. The minimum atomic E-state index is -0.682. The van der Waals surface area contributed by atoms with E-state index in [4.69, 9.17) is 10.5 Å². The van der Waals surface area contributed by atoms with E-state index in [9.17, 15) is 14.0 Å². The summed E-state index contributed by atoms with van der Waals surface area (Å²) in [5.74, 6) is -1.67. The second-order valence-corrected chi connectivity index (χ2v) is 4.60. The van der Waals surface area contributed by atoms with E-state index in [1.807, 2.05) is 0 Å². The van der Waals surface area contributed by atoms with Gasteiger partial charge in [0.15, 0.2) is 0 Å². The molecule has 108 valence electrons. The molecule has 2 amide bonds. The van der Waals surface area contributed by atoms with Crippen molar-refractivity contribution in [3.05, 3.63) is 29.6 Å². The average Bonchev–Trinajstić information content (AvgIpc) is 2.89. The molecule has 0 spiro atoms. The number of rotatable bonds is 4. The van der Waals surface area contributed by atoms with Gasteiger partial charge in [-0.05, 0) is 24.6 Å². The number of carbonyl (C=O) groups is 2. The maximum atomic E-state index is 13.6. The van der Waals surface area contributed by atoms with Crippen LogP contribution >= 0.6 is 0 Å². The van der Waals surface area contributed by atoms with Gasteiger partial charge in [0.25, 0.3) is 0 Å². The van der Waals surface area contributed by atoms with Crippen molar-refractivity contribution in [1.29, 1.82) is 0 Å². The first-order chi connectivity index (χ1) is 9.51. The van der Waals surface area contributed by atoms with E-state index in [-0.39, 0.29) is 23.3 Å². The van der Waals surface area contributed by atoms with Crippen molar-refractivity contribution in [3.63, 3.8) is 0 Å². The van der Waals surface area contributed by atoms with E-state index >= 15 is 0 Å². The molecule has 1 aromatic carbocycles. The first-order valence-electron chi connectivity index (χ1n) is 6.17. The van der Waals surface area contributed by atoms with Crippen LogP contribution in [0.25, 0.3) is 0 Å². The molecular weight excluding hydrogens is 265 g/mol. The van der Waals surface area contributed by atoms with E-state index < -0.39 is 17.8 Å². The minimum absolute atomic E-state index is 0.0347. The second-order valence-electron chi connectivity index (χ2n) is 4.60. The number of amides is 2. The minimum Gasteiger partial charge on any atom is -0.380 e. The molecule has 2 unspecified atom stereocenters. The lowest BCUT2D eigenvalue weighted by Gasteiger charge is -2.12. The molecule has 0 saturated carbocycles. The number of anilines is 1. The predicted molar refractivity (Wildman–Crippen MR) is 70.8 cm³/mol. The smallest absolute Gasteiger partial charge is 0.248 e. The molecule has 0 aromatic heterocycles. The maximum Gasteiger partial charge on any atom is 0.248 e. The van der Waals surface area contributed by atoms with Crippen molar-refractivity contribution >= 4 is 17.5 Å². The Kier molecular flexibility index (Phi) is 4.31. The van der Waals surface area contributed by atoms with Gasteiger partial charge in [-0.3, -0.25) is 9.59 Å². The van der Waals surface area contributed by atoms with Crippen molar-refractivity contribution in [1.82, 2.24) is 5.32 Å².